The van der Waals surface area contributed by atoms with Gasteiger partial charge in [-0.2, -0.15) is 26.3 Å². The third-order valence-corrected chi connectivity index (χ3v) is 4.94. The van der Waals surface area contributed by atoms with Crippen LogP contribution in [0.25, 0.3) is 11.3 Å². The number of rotatable bonds is 7. The number of benzene rings is 1. The van der Waals surface area contributed by atoms with Gasteiger partial charge in [0, 0.05) is 23.7 Å². The first-order chi connectivity index (χ1) is 15.5. The zero-order chi connectivity index (χ0) is 24.2. The van der Waals surface area contributed by atoms with Gasteiger partial charge in [-0.25, -0.2) is 15.0 Å². The van der Waals surface area contributed by atoms with Gasteiger partial charge in [-0.05, 0) is 25.1 Å². The topological polar surface area (TPSA) is 106 Å². The SMILES string of the molecule is NCCCNC(=O)c1nc(Nc2nc(-c3cccc(C(F)(F)F)c3)cs2)ncc1C(F)(F)F. The van der Waals surface area contributed by atoms with E-state index in [0.717, 1.165) is 23.5 Å². The van der Waals surface area contributed by atoms with Gasteiger partial charge in [0.2, 0.25) is 5.95 Å². The van der Waals surface area contributed by atoms with E-state index in [1.165, 1.54) is 17.5 Å². The summed E-state index contributed by atoms with van der Waals surface area (Å²) in [5.41, 5.74) is 2.66. The number of anilines is 2. The van der Waals surface area contributed by atoms with Crippen LogP contribution in [0, 0.1) is 0 Å². The Balaban J connectivity index is 1.85. The fourth-order valence-corrected chi connectivity index (χ4v) is 3.34. The van der Waals surface area contributed by atoms with Crippen LogP contribution in [-0.4, -0.2) is 33.9 Å². The minimum absolute atomic E-state index is 0.0617. The summed E-state index contributed by atoms with van der Waals surface area (Å²) in [4.78, 5) is 23.6. The van der Waals surface area contributed by atoms with Crippen molar-refractivity contribution in [2.75, 3.05) is 18.4 Å². The van der Waals surface area contributed by atoms with Gasteiger partial charge in [0.25, 0.3) is 5.91 Å². The summed E-state index contributed by atoms with van der Waals surface area (Å²) >= 11 is 0.973. The van der Waals surface area contributed by atoms with Crippen LogP contribution in [-0.2, 0) is 12.4 Å². The molecule has 0 aliphatic rings. The second-order valence-corrected chi connectivity index (χ2v) is 7.45. The summed E-state index contributed by atoms with van der Waals surface area (Å²) in [7, 11) is 0. The van der Waals surface area contributed by atoms with Crippen LogP contribution < -0.4 is 16.4 Å². The number of amides is 1. The quantitative estimate of drug-likeness (QED) is 0.334. The molecule has 1 amide bonds. The van der Waals surface area contributed by atoms with E-state index < -0.39 is 35.1 Å². The molecule has 0 aliphatic carbocycles. The third kappa shape index (κ3) is 6.16. The smallest absolute Gasteiger partial charge is 0.351 e. The number of carbonyl (C=O) groups is 1. The molecule has 2 heterocycles. The first-order valence-corrected chi connectivity index (χ1v) is 10.2. The molecule has 0 radical (unpaired) electrons. The number of hydrogen-bond acceptors (Lipinski definition) is 7. The van der Waals surface area contributed by atoms with Crippen molar-refractivity contribution in [1.29, 1.82) is 0 Å². The normalized spacial score (nSPS) is 12.0. The van der Waals surface area contributed by atoms with E-state index in [1.54, 1.807) is 0 Å². The van der Waals surface area contributed by atoms with Crippen molar-refractivity contribution >= 4 is 28.3 Å². The zero-order valence-corrected chi connectivity index (χ0v) is 17.4. The number of aromatic nitrogens is 3. The lowest BCUT2D eigenvalue weighted by Gasteiger charge is -2.13. The molecule has 176 valence electrons. The van der Waals surface area contributed by atoms with Crippen LogP contribution in [0.5, 0.6) is 0 Å². The highest BCUT2D eigenvalue weighted by Gasteiger charge is 2.37. The minimum Gasteiger partial charge on any atom is -0.351 e. The molecule has 0 aliphatic heterocycles. The lowest BCUT2D eigenvalue weighted by Crippen LogP contribution is -2.29. The molecule has 0 spiro atoms. The number of nitrogens with two attached hydrogens (primary N) is 1. The number of halogens is 6. The fourth-order valence-electron chi connectivity index (χ4n) is 2.62. The highest BCUT2D eigenvalue weighted by atomic mass is 32.1. The minimum atomic E-state index is -4.86. The van der Waals surface area contributed by atoms with Crippen molar-refractivity contribution in [3.05, 3.63) is 52.7 Å². The van der Waals surface area contributed by atoms with Gasteiger partial charge in [0.1, 0.15) is 11.3 Å². The second kappa shape index (κ2) is 9.70. The fraction of sp³-hybridized carbons (Fsp3) is 0.263. The first-order valence-electron chi connectivity index (χ1n) is 9.31. The molecular weight excluding hydrogens is 474 g/mol. The van der Waals surface area contributed by atoms with Crippen molar-refractivity contribution in [1.82, 2.24) is 20.3 Å². The molecule has 33 heavy (non-hydrogen) atoms. The molecule has 0 unspecified atom stereocenters. The molecule has 0 bridgehead atoms. The predicted molar refractivity (Wildman–Crippen MR) is 109 cm³/mol. The average molecular weight is 490 g/mol. The van der Waals surface area contributed by atoms with Crippen LogP contribution in [0.1, 0.15) is 28.0 Å². The Morgan fingerprint density at radius 1 is 1.09 bits per heavy atom. The van der Waals surface area contributed by atoms with E-state index >= 15 is 0 Å². The number of nitrogens with zero attached hydrogens (tertiary/aromatic N) is 3. The lowest BCUT2D eigenvalue weighted by atomic mass is 10.1. The van der Waals surface area contributed by atoms with Crippen LogP contribution in [0.15, 0.2) is 35.8 Å². The van der Waals surface area contributed by atoms with Crippen LogP contribution in [0.4, 0.5) is 37.4 Å². The predicted octanol–water partition coefficient (Wildman–Crippen LogP) is 4.46. The highest BCUT2D eigenvalue weighted by molar-refractivity contribution is 7.14. The Morgan fingerprint density at radius 3 is 2.52 bits per heavy atom. The Labute approximate surface area is 187 Å². The first kappa shape index (κ1) is 24.4. The Kier molecular flexibility index (Phi) is 7.17. The molecule has 0 saturated carbocycles. The number of alkyl halides is 6. The van der Waals surface area contributed by atoms with Crippen molar-refractivity contribution in [2.24, 2.45) is 5.73 Å². The van der Waals surface area contributed by atoms with Crippen molar-refractivity contribution in [3.63, 3.8) is 0 Å². The average Bonchev–Trinajstić information content (AvgIpc) is 3.21. The van der Waals surface area contributed by atoms with Gasteiger partial charge in [-0.15, -0.1) is 11.3 Å². The molecule has 0 atom stereocenters. The van der Waals surface area contributed by atoms with E-state index in [9.17, 15) is 31.1 Å². The molecule has 3 aromatic rings. The molecule has 0 saturated heterocycles. The van der Waals surface area contributed by atoms with E-state index in [4.69, 9.17) is 5.73 Å². The van der Waals surface area contributed by atoms with E-state index in [2.05, 4.69) is 25.6 Å². The second-order valence-electron chi connectivity index (χ2n) is 6.59. The van der Waals surface area contributed by atoms with Gasteiger partial charge in [-0.1, -0.05) is 12.1 Å². The van der Waals surface area contributed by atoms with Gasteiger partial charge >= 0.3 is 12.4 Å². The number of carbonyl (C=O) groups excluding carboxylic acids is 1. The van der Waals surface area contributed by atoms with Crippen LogP contribution in [0.2, 0.25) is 0 Å². The summed E-state index contributed by atoms with van der Waals surface area (Å²) in [6, 6.07) is 4.52. The summed E-state index contributed by atoms with van der Waals surface area (Å²) in [6.45, 7) is 0.299. The van der Waals surface area contributed by atoms with Crippen molar-refractivity contribution in [3.8, 4) is 11.3 Å². The molecule has 4 N–H and O–H groups in total. The summed E-state index contributed by atoms with van der Waals surface area (Å²) in [6.07, 6.45) is -8.56. The lowest BCUT2D eigenvalue weighted by molar-refractivity contribution is -0.138. The number of thiazole rings is 1. The van der Waals surface area contributed by atoms with Crippen molar-refractivity contribution < 1.29 is 31.1 Å². The monoisotopic (exact) mass is 490 g/mol. The Bertz CT molecular complexity index is 1130. The Morgan fingerprint density at radius 2 is 1.85 bits per heavy atom. The third-order valence-electron chi connectivity index (χ3n) is 4.18. The molecule has 3 rings (SSSR count). The molecule has 7 nitrogen and oxygen atoms in total. The Hall–Kier alpha value is -3.26. The van der Waals surface area contributed by atoms with Gasteiger partial charge in [-0.3, -0.25) is 4.79 Å². The number of nitrogens with one attached hydrogen (secondary N) is 2. The van der Waals surface area contributed by atoms with Gasteiger partial charge in [0.15, 0.2) is 5.13 Å². The van der Waals surface area contributed by atoms with Gasteiger partial charge in [0.05, 0.1) is 11.3 Å². The molecular formula is C19H16F6N6OS. The molecule has 2 aromatic heterocycles. The summed E-state index contributed by atoms with van der Waals surface area (Å²) in [5.74, 6) is -1.39. The molecule has 1 aromatic carbocycles. The maximum atomic E-state index is 13.3. The van der Waals surface area contributed by atoms with E-state index in [0.29, 0.717) is 12.6 Å². The van der Waals surface area contributed by atoms with Crippen LogP contribution >= 0.6 is 11.3 Å². The summed E-state index contributed by atoms with van der Waals surface area (Å²) < 4.78 is 78.6. The number of hydrogen-bond donors (Lipinski definition) is 3. The van der Waals surface area contributed by atoms with Crippen molar-refractivity contribution in [2.45, 2.75) is 18.8 Å². The maximum absolute atomic E-state index is 13.3. The maximum Gasteiger partial charge on any atom is 0.420 e. The standard InChI is InChI=1S/C19H16F6N6OS/c20-18(21,22)11-4-1-3-10(7-11)13-9-33-17(29-13)31-16-28-8-12(19(23,24)25)14(30-16)15(32)27-6-2-5-26/h1,3-4,7-9H,2,5-6,26H2,(H,27,32)(H,28,29,30,31). The van der Waals surface area contributed by atoms with E-state index in [-0.39, 0.29) is 35.4 Å². The van der Waals surface area contributed by atoms with Crippen LogP contribution in [0.3, 0.4) is 0 Å². The largest absolute Gasteiger partial charge is 0.420 e. The van der Waals surface area contributed by atoms with E-state index in [1.807, 2.05) is 0 Å². The molecule has 0 fully saturated rings. The molecule has 14 heteroatoms. The summed E-state index contributed by atoms with van der Waals surface area (Å²) in [5, 5.41) is 6.45. The highest BCUT2D eigenvalue weighted by Crippen LogP contribution is 2.34. The van der Waals surface area contributed by atoms with Gasteiger partial charge < -0.3 is 16.4 Å². The zero-order valence-electron chi connectivity index (χ0n) is 16.6.